The van der Waals surface area contributed by atoms with Crippen LogP contribution in [-0.2, 0) is 4.79 Å². The van der Waals surface area contributed by atoms with Crippen LogP contribution in [0.25, 0.3) is 6.08 Å². The predicted molar refractivity (Wildman–Crippen MR) is 82.3 cm³/mol. The number of carbonyl (C=O) groups is 2. The molecule has 0 radical (unpaired) electrons. The van der Waals surface area contributed by atoms with E-state index in [4.69, 9.17) is 5.11 Å². The van der Waals surface area contributed by atoms with Gasteiger partial charge in [-0.25, -0.2) is 9.18 Å². The molecule has 0 atom stereocenters. The van der Waals surface area contributed by atoms with Crippen molar-refractivity contribution in [1.82, 2.24) is 0 Å². The SMILES string of the molecule is O=C1Nc2cc(C(=O)O)ccc2S/C1=C\c1cccc(F)c1. The first kappa shape index (κ1) is 14.3. The number of rotatable bonds is 2. The average molecular weight is 315 g/mol. The number of thioether (sulfide) groups is 1. The van der Waals surface area contributed by atoms with Crippen molar-refractivity contribution in [2.45, 2.75) is 4.90 Å². The van der Waals surface area contributed by atoms with E-state index in [1.54, 1.807) is 24.3 Å². The molecule has 0 bridgehead atoms. The summed E-state index contributed by atoms with van der Waals surface area (Å²) in [6.45, 7) is 0. The lowest BCUT2D eigenvalue weighted by molar-refractivity contribution is -0.112. The van der Waals surface area contributed by atoms with E-state index < -0.39 is 5.97 Å². The number of aromatic carboxylic acids is 1. The van der Waals surface area contributed by atoms with Gasteiger partial charge in [0.15, 0.2) is 0 Å². The van der Waals surface area contributed by atoms with Gasteiger partial charge in [0.25, 0.3) is 5.91 Å². The lowest BCUT2D eigenvalue weighted by atomic mass is 10.2. The van der Waals surface area contributed by atoms with Crippen LogP contribution < -0.4 is 5.32 Å². The van der Waals surface area contributed by atoms with Gasteiger partial charge in [0, 0.05) is 4.90 Å². The van der Waals surface area contributed by atoms with Crippen molar-refractivity contribution in [2.75, 3.05) is 5.32 Å². The number of nitrogens with one attached hydrogen (secondary N) is 1. The van der Waals surface area contributed by atoms with E-state index in [-0.39, 0.29) is 17.3 Å². The number of anilines is 1. The van der Waals surface area contributed by atoms with Gasteiger partial charge in [-0.2, -0.15) is 0 Å². The molecule has 6 heteroatoms. The van der Waals surface area contributed by atoms with Crippen LogP contribution in [-0.4, -0.2) is 17.0 Å². The minimum atomic E-state index is -1.05. The zero-order valence-corrected chi connectivity index (χ0v) is 12.0. The normalized spacial score (nSPS) is 15.3. The Kier molecular flexibility index (Phi) is 3.68. The zero-order chi connectivity index (χ0) is 15.7. The summed E-state index contributed by atoms with van der Waals surface area (Å²) >= 11 is 1.22. The number of hydrogen-bond acceptors (Lipinski definition) is 3. The van der Waals surface area contributed by atoms with E-state index in [1.165, 1.54) is 36.0 Å². The number of carboxylic acid groups (broad SMARTS) is 1. The third-order valence-electron chi connectivity index (χ3n) is 3.06. The highest BCUT2D eigenvalue weighted by Crippen LogP contribution is 2.39. The van der Waals surface area contributed by atoms with Crippen molar-refractivity contribution in [1.29, 1.82) is 0 Å². The van der Waals surface area contributed by atoms with E-state index in [0.29, 0.717) is 16.2 Å². The second kappa shape index (κ2) is 5.65. The Morgan fingerprint density at radius 3 is 2.77 bits per heavy atom. The van der Waals surface area contributed by atoms with Crippen LogP contribution in [0.4, 0.5) is 10.1 Å². The summed E-state index contributed by atoms with van der Waals surface area (Å²) in [6, 6.07) is 10.5. The first-order valence-electron chi connectivity index (χ1n) is 6.37. The molecule has 2 aromatic rings. The third kappa shape index (κ3) is 2.87. The molecule has 1 aliphatic rings. The van der Waals surface area contributed by atoms with Crippen LogP contribution >= 0.6 is 11.8 Å². The van der Waals surface area contributed by atoms with Gasteiger partial charge >= 0.3 is 5.97 Å². The van der Waals surface area contributed by atoms with Crippen molar-refractivity contribution in [3.05, 3.63) is 64.3 Å². The predicted octanol–water partition coefficient (Wildman–Crippen LogP) is 3.61. The first-order valence-corrected chi connectivity index (χ1v) is 7.18. The zero-order valence-electron chi connectivity index (χ0n) is 11.2. The molecule has 2 aromatic carbocycles. The maximum atomic E-state index is 13.2. The molecular formula is C16H10FNO3S. The maximum Gasteiger partial charge on any atom is 0.335 e. The van der Waals surface area contributed by atoms with Crippen molar-refractivity contribution in [2.24, 2.45) is 0 Å². The molecule has 0 unspecified atom stereocenters. The summed E-state index contributed by atoms with van der Waals surface area (Å²) in [6.07, 6.45) is 1.59. The molecule has 0 aliphatic carbocycles. The fourth-order valence-electron chi connectivity index (χ4n) is 2.04. The van der Waals surface area contributed by atoms with Crippen LogP contribution in [0.1, 0.15) is 15.9 Å². The molecule has 110 valence electrons. The summed E-state index contributed by atoms with van der Waals surface area (Å²) in [5, 5.41) is 11.6. The number of hydrogen-bond donors (Lipinski definition) is 2. The number of carbonyl (C=O) groups excluding carboxylic acids is 1. The molecule has 0 fully saturated rings. The van der Waals surface area contributed by atoms with E-state index >= 15 is 0 Å². The molecule has 0 spiro atoms. The average Bonchev–Trinajstić information content (AvgIpc) is 2.47. The standard InChI is InChI=1S/C16H10FNO3S/c17-11-3-1-2-9(6-11)7-14-15(19)18-12-8-10(16(20)21)4-5-13(12)22-14/h1-8H,(H,18,19)(H,20,21)/b14-7-. The Bertz CT molecular complexity index is 817. The van der Waals surface area contributed by atoms with Gasteiger partial charge in [0.05, 0.1) is 16.2 Å². The van der Waals surface area contributed by atoms with Crippen LogP contribution in [0.5, 0.6) is 0 Å². The summed E-state index contributed by atoms with van der Waals surface area (Å²) < 4.78 is 13.2. The van der Waals surface area contributed by atoms with E-state index in [0.717, 1.165) is 4.90 Å². The van der Waals surface area contributed by atoms with Crippen LogP contribution in [0.15, 0.2) is 52.3 Å². The quantitative estimate of drug-likeness (QED) is 0.831. The highest BCUT2D eigenvalue weighted by atomic mass is 32.2. The molecule has 0 aromatic heterocycles. The highest BCUT2D eigenvalue weighted by molar-refractivity contribution is 8.04. The van der Waals surface area contributed by atoms with Gasteiger partial charge in [0.1, 0.15) is 5.82 Å². The van der Waals surface area contributed by atoms with Gasteiger partial charge in [-0.1, -0.05) is 23.9 Å². The first-order chi connectivity index (χ1) is 10.5. The number of carboxylic acids is 1. The molecule has 2 N–H and O–H groups in total. The Morgan fingerprint density at radius 1 is 1.23 bits per heavy atom. The summed E-state index contributed by atoms with van der Waals surface area (Å²) in [7, 11) is 0. The summed E-state index contributed by atoms with van der Waals surface area (Å²) in [5.74, 6) is -1.77. The van der Waals surface area contributed by atoms with E-state index in [2.05, 4.69) is 5.32 Å². The monoisotopic (exact) mass is 315 g/mol. The third-order valence-corrected chi connectivity index (χ3v) is 4.16. The van der Waals surface area contributed by atoms with Gasteiger partial charge in [0.2, 0.25) is 0 Å². The largest absolute Gasteiger partial charge is 0.478 e. The molecule has 0 saturated carbocycles. The lowest BCUT2D eigenvalue weighted by Crippen LogP contribution is -2.17. The topological polar surface area (TPSA) is 66.4 Å². The van der Waals surface area contributed by atoms with Crippen molar-refractivity contribution >= 4 is 35.4 Å². The summed E-state index contributed by atoms with van der Waals surface area (Å²) in [4.78, 5) is 24.2. The Balaban J connectivity index is 1.95. The number of fused-ring (bicyclic) bond motifs is 1. The van der Waals surface area contributed by atoms with Crippen molar-refractivity contribution in [3.8, 4) is 0 Å². The second-order valence-corrected chi connectivity index (χ2v) is 5.72. The fourth-order valence-corrected chi connectivity index (χ4v) is 2.97. The fraction of sp³-hybridized carbons (Fsp3) is 0. The number of benzene rings is 2. The molecule has 4 nitrogen and oxygen atoms in total. The molecule has 0 saturated heterocycles. The molecule has 22 heavy (non-hydrogen) atoms. The minimum Gasteiger partial charge on any atom is -0.478 e. The smallest absolute Gasteiger partial charge is 0.335 e. The van der Waals surface area contributed by atoms with Crippen molar-refractivity contribution < 1.29 is 19.1 Å². The maximum absolute atomic E-state index is 13.2. The molecule has 1 amide bonds. The number of halogens is 1. The lowest BCUT2D eigenvalue weighted by Gasteiger charge is -2.19. The van der Waals surface area contributed by atoms with Gasteiger partial charge in [-0.15, -0.1) is 0 Å². The molecular weight excluding hydrogens is 305 g/mol. The van der Waals surface area contributed by atoms with Crippen molar-refractivity contribution in [3.63, 3.8) is 0 Å². The second-order valence-electron chi connectivity index (χ2n) is 4.64. The Labute approximate surface area is 129 Å². The van der Waals surface area contributed by atoms with Crippen LogP contribution in [0, 0.1) is 5.82 Å². The van der Waals surface area contributed by atoms with Crippen LogP contribution in [0.3, 0.4) is 0 Å². The minimum absolute atomic E-state index is 0.109. The summed E-state index contributed by atoms with van der Waals surface area (Å²) in [5.41, 5.74) is 1.16. The Hall–Kier alpha value is -2.60. The molecule has 3 rings (SSSR count). The van der Waals surface area contributed by atoms with E-state index in [1.807, 2.05) is 0 Å². The molecule has 1 aliphatic heterocycles. The van der Waals surface area contributed by atoms with Gasteiger partial charge < -0.3 is 10.4 Å². The van der Waals surface area contributed by atoms with E-state index in [9.17, 15) is 14.0 Å². The van der Waals surface area contributed by atoms with Gasteiger partial charge in [-0.3, -0.25) is 4.79 Å². The Morgan fingerprint density at radius 2 is 2.05 bits per heavy atom. The number of amides is 1. The molecule has 1 heterocycles. The van der Waals surface area contributed by atoms with Gasteiger partial charge in [-0.05, 0) is 42.0 Å². The highest BCUT2D eigenvalue weighted by Gasteiger charge is 2.22. The van der Waals surface area contributed by atoms with Crippen LogP contribution in [0.2, 0.25) is 0 Å².